The Hall–Kier alpha value is -1.61. The monoisotopic (exact) mass is 414 g/mol. The number of rotatable bonds is 6. The normalized spacial score (nSPS) is 15.8. The molecule has 140 valence electrons. The van der Waals surface area contributed by atoms with E-state index in [-0.39, 0.29) is 18.6 Å². The third-order valence-corrected chi connectivity index (χ3v) is 7.35. The van der Waals surface area contributed by atoms with Crippen LogP contribution in [0.2, 0.25) is 5.02 Å². The number of likely N-dealkylation sites (tertiary alicyclic amines) is 1. The van der Waals surface area contributed by atoms with Gasteiger partial charge in [0, 0.05) is 19.1 Å². The van der Waals surface area contributed by atoms with Gasteiger partial charge < -0.3 is 9.64 Å². The second kappa shape index (κ2) is 8.39. The van der Waals surface area contributed by atoms with Crippen LogP contribution in [0, 0.1) is 0 Å². The SMILES string of the molecule is O=C(COc1ccccc1Cl)N1CCC(NS(=O)(=O)c2cccs2)CC1. The number of amides is 1. The highest BCUT2D eigenvalue weighted by atomic mass is 35.5. The zero-order valence-corrected chi connectivity index (χ0v) is 16.3. The van der Waals surface area contributed by atoms with Crippen LogP contribution in [0.1, 0.15) is 12.8 Å². The average molecular weight is 415 g/mol. The van der Waals surface area contributed by atoms with Gasteiger partial charge in [0.05, 0.1) is 5.02 Å². The number of nitrogens with one attached hydrogen (secondary N) is 1. The fourth-order valence-electron chi connectivity index (χ4n) is 2.73. The highest BCUT2D eigenvalue weighted by molar-refractivity contribution is 7.91. The van der Waals surface area contributed by atoms with E-state index >= 15 is 0 Å². The van der Waals surface area contributed by atoms with Crippen molar-refractivity contribution in [2.45, 2.75) is 23.1 Å². The van der Waals surface area contributed by atoms with E-state index in [1.807, 2.05) is 0 Å². The molecule has 1 saturated heterocycles. The van der Waals surface area contributed by atoms with Crippen LogP contribution in [0.25, 0.3) is 0 Å². The van der Waals surface area contributed by atoms with Gasteiger partial charge >= 0.3 is 0 Å². The van der Waals surface area contributed by atoms with Gasteiger partial charge in [-0.25, -0.2) is 13.1 Å². The lowest BCUT2D eigenvalue weighted by Gasteiger charge is -2.32. The quantitative estimate of drug-likeness (QED) is 0.788. The first kappa shape index (κ1) is 19.2. The molecule has 0 atom stereocenters. The number of halogens is 1. The number of piperidine rings is 1. The molecule has 6 nitrogen and oxygen atoms in total. The van der Waals surface area contributed by atoms with Crippen LogP contribution in [-0.4, -0.2) is 45.0 Å². The van der Waals surface area contributed by atoms with Crippen LogP contribution in [0.15, 0.2) is 46.0 Å². The number of nitrogens with zero attached hydrogens (tertiary/aromatic N) is 1. The molecule has 2 aromatic rings. The summed E-state index contributed by atoms with van der Waals surface area (Å²) in [5, 5.41) is 2.19. The van der Waals surface area contributed by atoms with Gasteiger partial charge in [0.15, 0.2) is 6.61 Å². The molecule has 0 bridgehead atoms. The molecular weight excluding hydrogens is 396 g/mol. The minimum absolute atomic E-state index is 0.0880. The number of para-hydroxylation sites is 1. The molecule has 1 aliphatic heterocycles. The van der Waals surface area contributed by atoms with Crippen molar-refractivity contribution in [3.8, 4) is 5.75 Å². The predicted molar refractivity (Wildman–Crippen MR) is 101 cm³/mol. The molecule has 1 aromatic heterocycles. The standard InChI is InChI=1S/C17H19ClN2O4S2/c18-14-4-1-2-5-15(14)24-12-16(21)20-9-7-13(8-10-20)19-26(22,23)17-6-3-11-25-17/h1-6,11,13,19H,7-10,12H2. The minimum Gasteiger partial charge on any atom is -0.482 e. The summed E-state index contributed by atoms with van der Waals surface area (Å²) in [5.74, 6) is 0.339. The molecule has 1 aromatic carbocycles. The second-order valence-corrected chi connectivity index (χ2v) is 9.22. The predicted octanol–water partition coefficient (Wildman–Crippen LogP) is 2.75. The largest absolute Gasteiger partial charge is 0.482 e. The zero-order chi connectivity index (χ0) is 18.6. The van der Waals surface area contributed by atoms with Crippen molar-refractivity contribution in [2.24, 2.45) is 0 Å². The Labute approximate surface area is 161 Å². The smallest absolute Gasteiger partial charge is 0.260 e. The van der Waals surface area contributed by atoms with Gasteiger partial charge in [-0.05, 0) is 36.4 Å². The molecular formula is C17H19ClN2O4S2. The number of benzene rings is 1. The maximum atomic E-state index is 12.3. The number of carbonyl (C=O) groups is 1. The van der Waals surface area contributed by atoms with Crippen molar-refractivity contribution in [1.82, 2.24) is 9.62 Å². The summed E-state index contributed by atoms with van der Waals surface area (Å²) in [6.07, 6.45) is 1.14. The molecule has 0 unspecified atom stereocenters. The van der Waals surface area contributed by atoms with Gasteiger partial charge in [0.2, 0.25) is 10.0 Å². The molecule has 1 amide bonds. The highest BCUT2D eigenvalue weighted by Crippen LogP contribution is 2.23. The Morgan fingerprint density at radius 3 is 2.62 bits per heavy atom. The lowest BCUT2D eigenvalue weighted by atomic mass is 10.1. The molecule has 0 spiro atoms. The summed E-state index contributed by atoms with van der Waals surface area (Å²) < 4.78 is 33.0. The first-order valence-corrected chi connectivity index (χ1v) is 10.9. The number of hydrogen-bond acceptors (Lipinski definition) is 5. The summed E-state index contributed by atoms with van der Waals surface area (Å²) in [5.41, 5.74) is 0. The van der Waals surface area contributed by atoms with Crippen LogP contribution in [-0.2, 0) is 14.8 Å². The van der Waals surface area contributed by atoms with Crippen LogP contribution in [0.4, 0.5) is 0 Å². The van der Waals surface area contributed by atoms with Gasteiger partial charge in [-0.1, -0.05) is 29.8 Å². The van der Waals surface area contributed by atoms with Crippen molar-refractivity contribution < 1.29 is 17.9 Å². The number of carbonyl (C=O) groups excluding carboxylic acids is 1. The fourth-order valence-corrected chi connectivity index (χ4v) is 5.24. The lowest BCUT2D eigenvalue weighted by Crippen LogP contribution is -2.47. The first-order valence-electron chi connectivity index (χ1n) is 8.16. The molecule has 0 radical (unpaired) electrons. The Bertz CT molecular complexity index is 847. The highest BCUT2D eigenvalue weighted by Gasteiger charge is 2.27. The van der Waals surface area contributed by atoms with Gasteiger partial charge in [0.25, 0.3) is 5.91 Å². The third-order valence-electron chi connectivity index (χ3n) is 4.12. The lowest BCUT2D eigenvalue weighted by molar-refractivity contribution is -0.134. The number of ether oxygens (including phenoxy) is 1. The van der Waals surface area contributed by atoms with Crippen LogP contribution < -0.4 is 9.46 Å². The summed E-state index contributed by atoms with van der Waals surface area (Å²) >= 11 is 7.19. The van der Waals surface area contributed by atoms with Gasteiger partial charge in [-0.2, -0.15) is 0 Å². The van der Waals surface area contributed by atoms with Crippen LogP contribution >= 0.6 is 22.9 Å². The topological polar surface area (TPSA) is 75.7 Å². The molecule has 0 aliphatic carbocycles. The number of hydrogen-bond donors (Lipinski definition) is 1. The maximum absolute atomic E-state index is 12.3. The third kappa shape index (κ3) is 4.76. The molecule has 26 heavy (non-hydrogen) atoms. The van der Waals surface area contributed by atoms with Crippen molar-refractivity contribution >= 4 is 38.9 Å². The van der Waals surface area contributed by atoms with E-state index in [0.717, 1.165) is 0 Å². The molecule has 3 rings (SSSR count). The summed E-state index contributed by atoms with van der Waals surface area (Å²) in [7, 11) is -3.48. The van der Waals surface area contributed by atoms with Crippen molar-refractivity contribution in [3.63, 3.8) is 0 Å². The summed E-state index contributed by atoms with van der Waals surface area (Å²) in [4.78, 5) is 14.0. The van der Waals surface area contributed by atoms with Gasteiger partial charge in [-0.3, -0.25) is 4.79 Å². The minimum atomic E-state index is -3.48. The molecule has 2 heterocycles. The van der Waals surface area contributed by atoms with E-state index in [1.54, 1.807) is 46.7 Å². The van der Waals surface area contributed by atoms with E-state index in [2.05, 4.69) is 4.72 Å². The van der Waals surface area contributed by atoms with Crippen molar-refractivity contribution in [2.75, 3.05) is 19.7 Å². The van der Waals surface area contributed by atoms with Gasteiger partial charge in [-0.15, -0.1) is 11.3 Å². The van der Waals surface area contributed by atoms with Gasteiger partial charge in [0.1, 0.15) is 9.96 Å². The molecule has 1 N–H and O–H groups in total. The van der Waals surface area contributed by atoms with E-state index in [1.165, 1.54) is 11.3 Å². The average Bonchev–Trinajstić information content (AvgIpc) is 3.17. The Kier molecular flexibility index (Phi) is 6.18. The molecule has 1 aliphatic rings. The van der Waals surface area contributed by atoms with E-state index in [4.69, 9.17) is 16.3 Å². The Morgan fingerprint density at radius 2 is 1.96 bits per heavy atom. The summed E-state index contributed by atoms with van der Waals surface area (Å²) in [6, 6.07) is 10.1. The summed E-state index contributed by atoms with van der Waals surface area (Å²) in [6.45, 7) is 0.889. The van der Waals surface area contributed by atoms with E-state index < -0.39 is 10.0 Å². The number of thiophene rings is 1. The number of sulfonamides is 1. The van der Waals surface area contributed by atoms with E-state index in [0.29, 0.717) is 40.9 Å². The Morgan fingerprint density at radius 1 is 1.23 bits per heavy atom. The maximum Gasteiger partial charge on any atom is 0.260 e. The first-order chi connectivity index (χ1) is 12.5. The van der Waals surface area contributed by atoms with Crippen molar-refractivity contribution in [1.29, 1.82) is 0 Å². The Balaban J connectivity index is 1.47. The van der Waals surface area contributed by atoms with Crippen LogP contribution in [0.3, 0.4) is 0 Å². The van der Waals surface area contributed by atoms with E-state index in [9.17, 15) is 13.2 Å². The van der Waals surface area contributed by atoms with Crippen molar-refractivity contribution in [3.05, 3.63) is 46.8 Å². The second-order valence-electron chi connectivity index (χ2n) is 5.93. The molecule has 9 heteroatoms. The fraction of sp³-hybridized carbons (Fsp3) is 0.353. The zero-order valence-electron chi connectivity index (χ0n) is 13.9. The molecule has 1 fully saturated rings. The van der Waals surface area contributed by atoms with Crippen LogP contribution in [0.5, 0.6) is 5.75 Å². The molecule has 0 saturated carbocycles.